The van der Waals surface area contributed by atoms with Gasteiger partial charge < -0.3 is 12.9 Å². The molecule has 1 nitrogen and oxygen atoms in total. The molecule has 1 rings (SSSR count). The van der Waals surface area contributed by atoms with Gasteiger partial charge in [-0.3, -0.25) is 0 Å². The Morgan fingerprint density at radius 2 is 1.93 bits per heavy atom. The summed E-state index contributed by atoms with van der Waals surface area (Å²) in [4.78, 5) is 0. The van der Waals surface area contributed by atoms with Crippen molar-refractivity contribution in [2.75, 3.05) is 0 Å². The van der Waals surface area contributed by atoms with Gasteiger partial charge in [-0.1, -0.05) is 12.1 Å². The predicted molar refractivity (Wildman–Crippen MR) is 49.2 cm³/mol. The van der Waals surface area contributed by atoms with Crippen LogP contribution in [0.4, 0.5) is 17.3 Å². The normalized spacial score (nSPS) is 11.7. The zero-order valence-electron chi connectivity index (χ0n) is 7.42. The van der Waals surface area contributed by atoms with E-state index in [1.807, 2.05) is 0 Å². The van der Waals surface area contributed by atoms with E-state index in [-0.39, 0.29) is 17.1 Å². The summed E-state index contributed by atoms with van der Waals surface area (Å²) >= 11 is 0. The molecule has 0 aliphatic rings. The van der Waals surface area contributed by atoms with Crippen molar-refractivity contribution in [3.63, 3.8) is 0 Å². The molecular formula is C9H5BF4N-. The summed E-state index contributed by atoms with van der Waals surface area (Å²) in [5.41, 5.74) is -0.115. The standard InChI is InChI=1S/C9H5BF4N/c11-9-5-7(6-15)1-2-8(9)3-4-10(12,13)14/h1-5H/q-1/b4-3+. The first-order chi connectivity index (χ1) is 6.92. The van der Waals surface area contributed by atoms with Gasteiger partial charge in [-0.15, -0.1) is 5.98 Å². The second kappa shape index (κ2) is 4.17. The van der Waals surface area contributed by atoms with E-state index >= 15 is 0 Å². The van der Waals surface area contributed by atoms with Gasteiger partial charge in [0.1, 0.15) is 5.82 Å². The average molecular weight is 214 g/mol. The minimum atomic E-state index is -5.07. The third-order valence-electron chi connectivity index (χ3n) is 1.62. The van der Waals surface area contributed by atoms with Gasteiger partial charge in [0.15, 0.2) is 0 Å². The van der Waals surface area contributed by atoms with Crippen molar-refractivity contribution in [3.8, 4) is 6.07 Å². The van der Waals surface area contributed by atoms with Gasteiger partial charge in [-0.2, -0.15) is 5.26 Å². The molecule has 1 aromatic carbocycles. The molecule has 0 heterocycles. The van der Waals surface area contributed by atoms with Crippen LogP contribution in [0.5, 0.6) is 0 Å². The van der Waals surface area contributed by atoms with Gasteiger partial charge in [-0.05, 0) is 12.1 Å². The lowest BCUT2D eigenvalue weighted by molar-refractivity contribution is 0.499. The van der Waals surface area contributed by atoms with Crippen LogP contribution < -0.4 is 0 Å². The Hall–Kier alpha value is -1.77. The van der Waals surface area contributed by atoms with Gasteiger partial charge in [0.05, 0.1) is 11.6 Å². The van der Waals surface area contributed by atoms with E-state index in [9.17, 15) is 17.3 Å². The lowest BCUT2D eigenvalue weighted by Gasteiger charge is -2.06. The Bertz CT molecular complexity index is 431. The molecule has 0 amide bonds. The average Bonchev–Trinajstić information content (AvgIpc) is 2.14. The summed E-state index contributed by atoms with van der Waals surface area (Å²) < 4.78 is 48.5. The quantitative estimate of drug-likeness (QED) is 0.548. The molecule has 0 aliphatic heterocycles. The highest BCUT2D eigenvalue weighted by Gasteiger charge is 2.17. The maximum Gasteiger partial charge on any atom is 0.502 e. The van der Waals surface area contributed by atoms with Gasteiger partial charge in [0, 0.05) is 5.56 Å². The van der Waals surface area contributed by atoms with Crippen molar-refractivity contribution >= 4 is 13.1 Å². The smallest absolute Gasteiger partial charge is 0.445 e. The first-order valence-corrected chi connectivity index (χ1v) is 4.01. The summed E-state index contributed by atoms with van der Waals surface area (Å²) in [5.74, 6) is -0.838. The summed E-state index contributed by atoms with van der Waals surface area (Å²) in [6.45, 7) is -5.07. The molecular weight excluding hydrogens is 209 g/mol. The zero-order valence-corrected chi connectivity index (χ0v) is 7.42. The lowest BCUT2D eigenvalue weighted by Crippen LogP contribution is -2.09. The summed E-state index contributed by atoms with van der Waals surface area (Å²) in [7, 11) is 0. The van der Waals surface area contributed by atoms with Crippen LogP contribution in [0.15, 0.2) is 24.2 Å². The third kappa shape index (κ3) is 3.46. The molecule has 78 valence electrons. The summed E-state index contributed by atoms with van der Waals surface area (Å²) in [6.07, 6.45) is 0.649. The highest BCUT2D eigenvalue weighted by molar-refractivity contribution is 6.64. The van der Waals surface area contributed by atoms with Crippen LogP contribution in [0, 0.1) is 17.1 Å². The van der Waals surface area contributed by atoms with Crippen molar-refractivity contribution in [3.05, 3.63) is 41.1 Å². The van der Waals surface area contributed by atoms with Crippen LogP contribution in [0.2, 0.25) is 0 Å². The van der Waals surface area contributed by atoms with Gasteiger partial charge in [-0.25, -0.2) is 4.39 Å². The number of benzene rings is 1. The SMILES string of the molecule is N#Cc1ccc(/C=C/[B-](F)(F)F)c(F)c1. The van der Waals surface area contributed by atoms with Crippen molar-refractivity contribution in [1.82, 2.24) is 0 Å². The number of hydrogen-bond donors (Lipinski definition) is 0. The predicted octanol–water partition coefficient (Wildman–Crippen LogP) is 3.10. The minimum Gasteiger partial charge on any atom is -0.445 e. The molecule has 0 aliphatic carbocycles. The van der Waals surface area contributed by atoms with E-state index in [1.165, 1.54) is 6.07 Å². The van der Waals surface area contributed by atoms with Crippen molar-refractivity contribution in [2.24, 2.45) is 0 Å². The second-order valence-electron chi connectivity index (χ2n) is 2.83. The van der Waals surface area contributed by atoms with E-state index in [0.717, 1.165) is 12.1 Å². The fourth-order valence-corrected chi connectivity index (χ4v) is 0.945. The Balaban J connectivity index is 2.99. The molecule has 0 unspecified atom stereocenters. The van der Waals surface area contributed by atoms with Crippen LogP contribution in [0.25, 0.3) is 6.08 Å². The molecule has 0 fully saturated rings. The Kier molecular flexibility index (Phi) is 3.15. The largest absolute Gasteiger partial charge is 0.502 e. The number of nitriles is 1. The minimum absolute atomic E-state index is 0.00443. The molecule has 0 saturated heterocycles. The highest BCUT2D eigenvalue weighted by atomic mass is 19.4. The molecule has 0 radical (unpaired) electrons. The number of rotatable bonds is 2. The van der Waals surface area contributed by atoms with Crippen molar-refractivity contribution in [1.29, 1.82) is 5.26 Å². The van der Waals surface area contributed by atoms with Gasteiger partial charge >= 0.3 is 6.98 Å². The Morgan fingerprint density at radius 1 is 1.27 bits per heavy atom. The molecule has 0 spiro atoms. The van der Waals surface area contributed by atoms with Crippen molar-refractivity contribution in [2.45, 2.75) is 0 Å². The molecule has 0 bridgehead atoms. The first-order valence-electron chi connectivity index (χ1n) is 4.01. The monoisotopic (exact) mass is 214 g/mol. The van der Waals surface area contributed by atoms with E-state index < -0.39 is 12.8 Å². The lowest BCUT2D eigenvalue weighted by atomic mass is 9.90. The molecule has 15 heavy (non-hydrogen) atoms. The van der Waals surface area contributed by atoms with Crippen LogP contribution in [-0.2, 0) is 0 Å². The van der Waals surface area contributed by atoms with E-state index in [1.54, 1.807) is 6.07 Å². The molecule has 0 N–H and O–H groups in total. The molecule has 0 atom stereocenters. The Morgan fingerprint density at radius 3 is 2.40 bits per heavy atom. The second-order valence-corrected chi connectivity index (χ2v) is 2.83. The molecule has 1 aromatic rings. The van der Waals surface area contributed by atoms with E-state index in [4.69, 9.17) is 5.26 Å². The fraction of sp³-hybridized carbons (Fsp3) is 0. The Labute approximate surface area is 83.7 Å². The number of halogens is 4. The highest BCUT2D eigenvalue weighted by Crippen LogP contribution is 2.16. The summed E-state index contributed by atoms with van der Waals surface area (Å²) in [5, 5.41) is 8.40. The van der Waals surface area contributed by atoms with Gasteiger partial charge in [0.25, 0.3) is 0 Å². The fourth-order valence-electron chi connectivity index (χ4n) is 0.945. The maximum absolute atomic E-state index is 13.0. The molecule has 0 saturated carbocycles. The van der Waals surface area contributed by atoms with Crippen molar-refractivity contribution < 1.29 is 17.3 Å². The van der Waals surface area contributed by atoms with Gasteiger partial charge in [0.2, 0.25) is 0 Å². The van der Waals surface area contributed by atoms with Crippen LogP contribution in [0.3, 0.4) is 0 Å². The molecule has 6 heteroatoms. The maximum atomic E-state index is 13.0. The van der Waals surface area contributed by atoms with Crippen LogP contribution in [0.1, 0.15) is 11.1 Å². The van der Waals surface area contributed by atoms with Crippen LogP contribution in [-0.4, -0.2) is 6.98 Å². The first kappa shape index (κ1) is 11.3. The van der Waals surface area contributed by atoms with Crippen LogP contribution >= 0.6 is 0 Å². The third-order valence-corrected chi connectivity index (χ3v) is 1.62. The molecule has 0 aromatic heterocycles. The number of hydrogen-bond acceptors (Lipinski definition) is 1. The summed E-state index contributed by atoms with van der Waals surface area (Å²) in [6, 6.07) is 4.96. The zero-order chi connectivity index (χ0) is 11.5. The number of nitrogens with zero attached hydrogens (tertiary/aromatic N) is 1. The van der Waals surface area contributed by atoms with E-state index in [2.05, 4.69) is 0 Å². The topological polar surface area (TPSA) is 23.8 Å². The van der Waals surface area contributed by atoms with E-state index in [0.29, 0.717) is 6.08 Å².